The zero-order chi connectivity index (χ0) is 13.1. The highest BCUT2D eigenvalue weighted by Crippen LogP contribution is 2.18. The monoisotopic (exact) mass is 267 g/mol. The third kappa shape index (κ3) is 3.10. The summed E-state index contributed by atoms with van der Waals surface area (Å²) in [7, 11) is 0. The molecule has 18 heavy (non-hydrogen) atoms. The maximum Gasteiger partial charge on any atom is 0.179 e. The van der Waals surface area contributed by atoms with E-state index in [0.717, 1.165) is 25.9 Å². The molecule has 4 heteroatoms. The summed E-state index contributed by atoms with van der Waals surface area (Å²) in [4.78, 5) is 14.4. The number of carbonyl (C=O) groups is 1. The summed E-state index contributed by atoms with van der Waals surface area (Å²) in [5, 5.41) is 10.1. The fraction of sp³-hybridized carbons (Fsp3) is 0.500. The highest BCUT2D eigenvalue weighted by atomic mass is 35.5. The number of rotatable bonds is 3. The van der Waals surface area contributed by atoms with Crippen LogP contribution in [-0.4, -0.2) is 41.0 Å². The molecule has 1 atom stereocenters. The molecule has 1 N–H and O–H groups in total. The minimum Gasteiger partial charge on any atom is -0.393 e. The second kappa shape index (κ2) is 5.83. The van der Waals surface area contributed by atoms with Crippen LogP contribution >= 0.6 is 11.6 Å². The largest absolute Gasteiger partial charge is 0.393 e. The summed E-state index contributed by atoms with van der Waals surface area (Å²) in [5.41, 5.74) is 0.654. The fourth-order valence-electron chi connectivity index (χ4n) is 2.32. The standard InChI is InChI=1S/C14H18ClNO2/c1-10(16-7-5-13(17)6-8-16)14(18)11-3-2-4-12(15)9-11/h2-4,9-10,13,17H,5-8H2,1H3. The van der Waals surface area contributed by atoms with Crippen LogP contribution in [0.15, 0.2) is 24.3 Å². The van der Waals surface area contributed by atoms with Gasteiger partial charge >= 0.3 is 0 Å². The highest BCUT2D eigenvalue weighted by Gasteiger charge is 2.26. The summed E-state index contributed by atoms with van der Waals surface area (Å²) in [5.74, 6) is 0.0916. The van der Waals surface area contributed by atoms with Gasteiger partial charge in [0.25, 0.3) is 0 Å². The number of benzene rings is 1. The van der Waals surface area contributed by atoms with Crippen molar-refractivity contribution in [3.8, 4) is 0 Å². The van der Waals surface area contributed by atoms with Crippen molar-refractivity contribution >= 4 is 17.4 Å². The first kappa shape index (κ1) is 13.5. The average Bonchev–Trinajstić information content (AvgIpc) is 2.38. The van der Waals surface area contributed by atoms with E-state index in [2.05, 4.69) is 4.90 Å². The molecule has 1 saturated heterocycles. The first-order chi connectivity index (χ1) is 8.58. The van der Waals surface area contributed by atoms with Crippen LogP contribution in [0.3, 0.4) is 0 Å². The zero-order valence-corrected chi connectivity index (χ0v) is 11.2. The lowest BCUT2D eigenvalue weighted by molar-refractivity contribution is 0.0549. The van der Waals surface area contributed by atoms with Gasteiger partial charge in [-0.25, -0.2) is 0 Å². The number of aliphatic hydroxyl groups is 1. The van der Waals surface area contributed by atoms with E-state index in [0.29, 0.717) is 10.6 Å². The Kier molecular flexibility index (Phi) is 4.38. The Morgan fingerprint density at radius 2 is 2.11 bits per heavy atom. The summed E-state index contributed by atoms with van der Waals surface area (Å²) >= 11 is 5.90. The molecule has 1 heterocycles. The lowest BCUT2D eigenvalue weighted by Gasteiger charge is -2.33. The van der Waals surface area contributed by atoms with E-state index in [-0.39, 0.29) is 17.9 Å². The van der Waals surface area contributed by atoms with Crippen LogP contribution in [0.5, 0.6) is 0 Å². The third-order valence-corrected chi connectivity index (χ3v) is 3.77. The van der Waals surface area contributed by atoms with Gasteiger partial charge in [0, 0.05) is 23.7 Å². The van der Waals surface area contributed by atoms with Crippen LogP contribution in [0.1, 0.15) is 30.1 Å². The molecule has 1 aromatic rings. The molecule has 3 nitrogen and oxygen atoms in total. The van der Waals surface area contributed by atoms with E-state index < -0.39 is 0 Å². The zero-order valence-electron chi connectivity index (χ0n) is 10.5. The fourth-order valence-corrected chi connectivity index (χ4v) is 2.51. The maximum absolute atomic E-state index is 12.3. The quantitative estimate of drug-likeness (QED) is 0.855. The number of hydrogen-bond donors (Lipinski definition) is 1. The predicted molar refractivity (Wildman–Crippen MR) is 72.1 cm³/mol. The van der Waals surface area contributed by atoms with Crippen LogP contribution in [0.4, 0.5) is 0 Å². The van der Waals surface area contributed by atoms with Gasteiger partial charge in [-0.3, -0.25) is 9.69 Å². The van der Waals surface area contributed by atoms with E-state index in [9.17, 15) is 9.90 Å². The van der Waals surface area contributed by atoms with Gasteiger partial charge in [-0.2, -0.15) is 0 Å². The molecule has 0 radical (unpaired) electrons. The lowest BCUT2D eigenvalue weighted by atomic mass is 10.0. The molecule has 1 unspecified atom stereocenters. The molecule has 0 amide bonds. The minimum absolute atomic E-state index is 0.0916. The Morgan fingerprint density at radius 1 is 1.44 bits per heavy atom. The number of hydrogen-bond acceptors (Lipinski definition) is 3. The second-order valence-corrected chi connectivity index (χ2v) is 5.25. The van der Waals surface area contributed by atoms with Crippen molar-refractivity contribution in [2.24, 2.45) is 0 Å². The van der Waals surface area contributed by atoms with Gasteiger partial charge in [-0.05, 0) is 31.9 Å². The Labute approximate surface area is 112 Å². The molecule has 1 aliphatic heterocycles. The third-order valence-electron chi connectivity index (χ3n) is 3.54. The summed E-state index contributed by atoms with van der Waals surface area (Å²) < 4.78 is 0. The van der Waals surface area contributed by atoms with E-state index in [4.69, 9.17) is 11.6 Å². The maximum atomic E-state index is 12.3. The molecule has 1 aromatic carbocycles. The van der Waals surface area contributed by atoms with Gasteiger partial charge in [0.05, 0.1) is 12.1 Å². The van der Waals surface area contributed by atoms with Crippen LogP contribution in [-0.2, 0) is 0 Å². The van der Waals surface area contributed by atoms with Crippen molar-refractivity contribution in [3.05, 3.63) is 34.9 Å². The summed E-state index contributed by atoms with van der Waals surface area (Å²) in [6.45, 7) is 3.46. The number of ketones is 1. The number of halogens is 1. The predicted octanol–water partition coefficient (Wildman–Crippen LogP) is 2.37. The Morgan fingerprint density at radius 3 is 2.72 bits per heavy atom. The highest BCUT2D eigenvalue weighted by molar-refractivity contribution is 6.31. The minimum atomic E-state index is -0.213. The number of aliphatic hydroxyl groups excluding tert-OH is 1. The number of piperidine rings is 1. The number of nitrogens with zero attached hydrogens (tertiary/aromatic N) is 1. The number of Topliss-reactive ketones (excluding diaryl/α,β-unsaturated/α-hetero) is 1. The van der Waals surface area contributed by atoms with Gasteiger partial charge in [-0.1, -0.05) is 23.7 Å². The normalized spacial score (nSPS) is 19.7. The Hall–Kier alpha value is -0.900. The number of carbonyl (C=O) groups excluding carboxylic acids is 1. The Bertz CT molecular complexity index is 428. The topological polar surface area (TPSA) is 40.5 Å². The van der Waals surface area contributed by atoms with Crippen molar-refractivity contribution in [1.29, 1.82) is 0 Å². The van der Waals surface area contributed by atoms with Gasteiger partial charge in [-0.15, -0.1) is 0 Å². The molecule has 0 spiro atoms. The van der Waals surface area contributed by atoms with E-state index in [1.165, 1.54) is 0 Å². The molecule has 98 valence electrons. The first-order valence-corrected chi connectivity index (χ1v) is 6.67. The molecule has 0 aromatic heterocycles. The van der Waals surface area contributed by atoms with Crippen molar-refractivity contribution in [1.82, 2.24) is 4.90 Å². The average molecular weight is 268 g/mol. The van der Waals surface area contributed by atoms with E-state index in [1.807, 2.05) is 6.92 Å². The van der Waals surface area contributed by atoms with Crippen molar-refractivity contribution in [2.75, 3.05) is 13.1 Å². The van der Waals surface area contributed by atoms with Crippen LogP contribution < -0.4 is 0 Å². The van der Waals surface area contributed by atoms with E-state index >= 15 is 0 Å². The SMILES string of the molecule is CC(C(=O)c1cccc(Cl)c1)N1CCC(O)CC1. The Balaban J connectivity index is 2.04. The molecule has 2 rings (SSSR count). The van der Waals surface area contributed by atoms with Gasteiger partial charge < -0.3 is 5.11 Å². The lowest BCUT2D eigenvalue weighted by Crippen LogP contribution is -2.45. The molecule has 1 aliphatic rings. The molecule has 0 saturated carbocycles. The van der Waals surface area contributed by atoms with Crippen molar-refractivity contribution in [3.63, 3.8) is 0 Å². The smallest absolute Gasteiger partial charge is 0.179 e. The van der Waals surface area contributed by atoms with Gasteiger partial charge in [0.1, 0.15) is 0 Å². The molecular formula is C14H18ClNO2. The molecule has 1 fully saturated rings. The summed E-state index contributed by atoms with van der Waals surface area (Å²) in [6.07, 6.45) is 1.27. The van der Waals surface area contributed by atoms with Crippen LogP contribution in [0.25, 0.3) is 0 Å². The second-order valence-electron chi connectivity index (χ2n) is 4.82. The van der Waals surface area contributed by atoms with Gasteiger partial charge in [0.2, 0.25) is 0 Å². The van der Waals surface area contributed by atoms with Crippen molar-refractivity contribution < 1.29 is 9.90 Å². The molecular weight excluding hydrogens is 250 g/mol. The van der Waals surface area contributed by atoms with Gasteiger partial charge in [0.15, 0.2) is 5.78 Å². The number of likely N-dealkylation sites (tertiary alicyclic amines) is 1. The summed E-state index contributed by atoms with van der Waals surface area (Å²) in [6, 6.07) is 6.90. The van der Waals surface area contributed by atoms with E-state index in [1.54, 1.807) is 24.3 Å². The first-order valence-electron chi connectivity index (χ1n) is 6.30. The molecule has 0 bridgehead atoms. The van der Waals surface area contributed by atoms with Crippen LogP contribution in [0, 0.1) is 0 Å². The van der Waals surface area contributed by atoms with Crippen LogP contribution in [0.2, 0.25) is 5.02 Å². The van der Waals surface area contributed by atoms with Crippen molar-refractivity contribution in [2.45, 2.75) is 31.9 Å². The molecule has 0 aliphatic carbocycles.